The standard InChI is InChI=1S/C11H19N3O/c1-6-12-9-7-10(14-8(2)13-9)15-11(3,4)5/h7H,6H2,1-5H3,(H,12,13,14). The lowest BCUT2D eigenvalue weighted by Gasteiger charge is -2.20. The fourth-order valence-corrected chi connectivity index (χ4v) is 1.18. The Morgan fingerprint density at radius 2 is 2.00 bits per heavy atom. The summed E-state index contributed by atoms with van der Waals surface area (Å²) in [6.45, 7) is 10.7. The zero-order chi connectivity index (χ0) is 11.5. The molecule has 84 valence electrons. The molecule has 0 aromatic carbocycles. The molecule has 1 heterocycles. The van der Waals surface area contributed by atoms with E-state index in [9.17, 15) is 0 Å². The summed E-state index contributed by atoms with van der Waals surface area (Å²) < 4.78 is 5.68. The van der Waals surface area contributed by atoms with Crippen molar-refractivity contribution in [2.45, 2.75) is 40.2 Å². The topological polar surface area (TPSA) is 47.0 Å². The molecular formula is C11H19N3O. The zero-order valence-corrected chi connectivity index (χ0v) is 10.1. The van der Waals surface area contributed by atoms with Gasteiger partial charge < -0.3 is 10.1 Å². The average molecular weight is 209 g/mol. The van der Waals surface area contributed by atoms with Crippen molar-refractivity contribution in [1.82, 2.24) is 9.97 Å². The summed E-state index contributed by atoms with van der Waals surface area (Å²) >= 11 is 0. The van der Waals surface area contributed by atoms with Crippen molar-refractivity contribution in [3.05, 3.63) is 11.9 Å². The second kappa shape index (κ2) is 4.47. The molecule has 0 saturated carbocycles. The van der Waals surface area contributed by atoms with Crippen LogP contribution in [0.3, 0.4) is 0 Å². The summed E-state index contributed by atoms with van der Waals surface area (Å²) in [5, 5.41) is 3.14. The van der Waals surface area contributed by atoms with Gasteiger partial charge in [0.2, 0.25) is 5.88 Å². The summed E-state index contributed by atoms with van der Waals surface area (Å²) in [6, 6.07) is 1.82. The Bertz CT molecular complexity index is 331. The lowest BCUT2D eigenvalue weighted by molar-refractivity contribution is 0.124. The van der Waals surface area contributed by atoms with E-state index in [-0.39, 0.29) is 5.60 Å². The van der Waals surface area contributed by atoms with Gasteiger partial charge in [0.1, 0.15) is 17.2 Å². The summed E-state index contributed by atoms with van der Waals surface area (Å²) in [7, 11) is 0. The molecule has 0 saturated heterocycles. The molecule has 1 aromatic rings. The van der Waals surface area contributed by atoms with Crippen LogP contribution in [0.5, 0.6) is 5.88 Å². The number of hydrogen-bond donors (Lipinski definition) is 1. The number of aryl methyl sites for hydroxylation is 1. The lowest BCUT2D eigenvalue weighted by atomic mass is 10.2. The Hall–Kier alpha value is -1.32. The molecule has 0 unspecified atom stereocenters. The minimum absolute atomic E-state index is 0.232. The molecule has 4 heteroatoms. The van der Waals surface area contributed by atoms with Crippen LogP contribution in [0, 0.1) is 6.92 Å². The van der Waals surface area contributed by atoms with Crippen molar-refractivity contribution >= 4 is 5.82 Å². The van der Waals surface area contributed by atoms with Crippen molar-refractivity contribution in [3.8, 4) is 5.88 Å². The first kappa shape index (κ1) is 11.8. The van der Waals surface area contributed by atoms with Crippen LogP contribution in [-0.4, -0.2) is 22.1 Å². The molecular weight excluding hydrogens is 190 g/mol. The van der Waals surface area contributed by atoms with Gasteiger partial charge in [-0.05, 0) is 34.6 Å². The van der Waals surface area contributed by atoms with Crippen molar-refractivity contribution in [1.29, 1.82) is 0 Å². The SMILES string of the molecule is CCNc1cc(OC(C)(C)C)nc(C)n1. The Morgan fingerprint density at radius 3 is 2.53 bits per heavy atom. The van der Waals surface area contributed by atoms with Gasteiger partial charge in [0, 0.05) is 12.6 Å². The number of anilines is 1. The predicted molar refractivity (Wildman–Crippen MR) is 61.3 cm³/mol. The highest BCUT2D eigenvalue weighted by atomic mass is 16.5. The molecule has 0 fully saturated rings. The Labute approximate surface area is 91.1 Å². The third-order valence-electron chi connectivity index (χ3n) is 1.58. The Morgan fingerprint density at radius 1 is 1.33 bits per heavy atom. The number of nitrogens with zero attached hydrogens (tertiary/aromatic N) is 2. The highest BCUT2D eigenvalue weighted by Crippen LogP contribution is 2.18. The van der Waals surface area contributed by atoms with E-state index in [2.05, 4.69) is 15.3 Å². The van der Waals surface area contributed by atoms with Gasteiger partial charge in [0.05, 0.1) is 0 Å². The fourth-order valence-electron chi connectivity index (χ4n) is 1.18. The molecule has 0 radical (unpaired) electrons. The van der Waals surface area contributed by atoms with Crippen LogP contribution in [-0.2, 0) is 0 Å². The number of ether oxygens (including phenoxy) is 1. The van der Waals surface area contributed by atoms with Gasteiger partial charge in [-0.2, -0.15) is 4.98 Å². The molecule has 0 bridgehead atoms. The maximum Gasteiger partial charge on any atom is 0.219 e. The van der Waals surface area contributed by atoms with E-state index < -0.39 is 0 Å². The van der Waals surface area contributed by atoms with Crippen LogP contribution >= 0.6 is 0 Å². The number of hydrogen-bond acceptors (Lipinski definition) is 4. The number of aromatic nitrogens is 2. The highest BCUT2D eigenvalue weighted by Gasteiger charge is 2.13. The van der Waals surface area contributed by atoms with E-state index in [4.69, 9.17) is 4.74 Å². The van der Waals surface area contributed by atoms with Crippen molar-refractivity contribution in [2.24, 2.45) is 0 Å². The number of rotatable bonds is 3. The summed E-state index contributed by atoms with van der Waals surface area (Å²) in [5.41, 5.74) is -0.232. The zero-order valence-electron chi connectivity index (χ0n) is 10.1. The first-order valence-electron chi connectivity index (χ1n) is 5.19. The first-order chi connectivity index (χ1) is 6.90. The van der Waals surface area contributed by atoms with Crippen LogP contribution in [0.2, 0.25) is 0 Å². The third kappa shape index (κ3) is 4.14. The summed E-state index contributed by atoms with van der Waals surface area (Å²) in [5.74, 6) is 2.14. The van der Waals surface area contributed by atoms with Crippen LogP contribution in [0.15, 0.2) is 6.07 Å². The fraction of sp³-hybridized carbons (Fsp3) is 0.636. The molecule has 1 rings (SSSR count). The monoisotopic (exact) mass is 209 g/mol. The molecule has 0 spiro atoms. The smallest absolute Gasteiger partial charge is 0.219 e. The van der Waals surface area contributed by atoms with Crippen molar-refractivity contribution in [3.63, 3.8) is 0 Å². The summed E-state index contributed by atoms with van der Waals surface area (Å²) in [6.07, 6.45) is 0. The van der Waals surface area contributed by atoms with Gasteiger partial charge in [-0.25, -0.2) is 4.98 Å². The van der Waals surface area contributed by atoms with Crippen LogP contribution in [0.25, 0.3) is 0 Å². The molecule has 0 aliphatic heterocycles. The van der Waals surface area contributed by atoms with Crippen LogP contribution < -0.4 is 10.1 Å². The lowest BCUT2D eigenvalue weighted by Crippen LogP contribution is -2.23. The van der Waals surface area contributed by atoms with Gasteiger partial charge in [-0.15, -0.1) is 0 Å². The maximum absolute atomic E-state index is 5.68. The van der Waals surface area contributed by atoms with Gasteiger partial charge in [-0.1, -0.05) is 0 Å². The minimum Gasteiger partial charge on any atom is -0.472 e. The van der Waals surface area contributed by atoms with E-state index >= 15 is 0 Å². The van der Waals surface area contributed by atoms with E-state index in [0.717, 1.165) is 12.4 Å². The molecule has 0 amide bonds. The van der Waals surface area contributed by atoms with Gasteiger partial charge in [0.25, 0.3) is 0 Å². The molecule has 1 aromatic heterocycles. The van der Waals surface area contributed by atoms with E-state index in [1.165, 1.54) is 0 Å². The second-order valence-electron chi connectivity index (χ2n) is 4.38. The van der Waals surface area contributed by atoms with Crippen molar-refractivity contribution in [2.75, 3.05) is 11.9 Å². The highest BCUT2D eigenvalue weighted by molar-refractivity contribution is 5.38. The van der Waals surface area contributed by atoms with Gasteiger partial charge in [0.15, 0.2) is 0 Å². The average Bonchev–Trinajstić information content (AvgIpc) is 1.99. The molecule has 0 aliphatic rings. The summed E-state index contributed by atoms with van der Waals surface area (Å²) in [4.78, 5) is 8.48. The number of nitrogens with one attached hydrogen (secondary N) is 1. The van der Waals surface area contributed by atoms with Crippen LogP contribution in [0.4, 0.5) is 5.82 Å². The second-order valence-corrected chi connectivity index (χ2v) is 4.38. The van der Waals surface area contributed by atoms with Gasteiger partial charge >= 0.3 is 0 Å². The minimum atomic E-state index is -0.232. The largest absolute Gasteiger partial charge is 0.472 e. The predicted octanol–water partition coefficient (Wildman–Crippen LogP) is 2.39. The molecule has 0 atom stereocenters. The normalized spacial score (nSPS) is 11.3. The maximum atomic E-state index is 5.68. The van der Waals surface area contributed by atoms with Crippen molar-refractivity contribution < 1.29 is 4.74 Å². The Balaban J connectivity index is 2.88. The van der Waals surface area contributed by atoms with Crippen LogP contribution in [0.1, 0.15) is 33.5 Å². The van der Waals surface area contributed by atoms with E-state index in [1.807, 2.05) is 40.7 Å². The third-order valence-corrected chi connectivity index (χ3v) is 1.58. The van der Waals surface area contributed by atoms with Gasteiger partial charge in [-0.3, -0.25) is 0 Å². The quantitative estimate of drug-likeness (QED) is 0.830. The molecule has 4 nitrogen and oxygen atoms in total. The first-order valence-corrected chi connectivity index (χ1v) is 5.19. The Kier molecular flexibility index (Phi) is 3.50. The van der Waals surface area contributed by atoms with E-state index in [0.29, 0.717) is 11.7 Å². The molecule has 0 aliphatic carbocycles. The van der Waals surface area contributed by atoms with E-state index in [1.54, 1.807) is 0 Å². The molecule has 15 heavy (non-hydrogen) atoms. The molecule has 1 N–H and O–H groups in total.